The summed E-state index contributed by atoms with van der Waals surface area (Å²) < 4.78 is 0. The Bertz CT molecular complexity index is 554. The van der Waals surface area contributed by atoms with E-state index in [0.717, 1.165) is 21.1 Å². The molecule has 2 heterocycles. The largest absolute Gasteiger partial charge is 0.481 e. The van der Waals surface area contributed by atoms with Crippen LogP contribution in [0.1, 0.15) is 29.1 Å². The van der Waals surface area contributed by atoms with E-state index < -0.39 is 5.97 Å². The third-order valence-electron chi connectivity index (χ3n) is 2.52. The Balaban J connectivity index is 2.40. The molecule has 1 N–H and O–H groups in total. The number of nitrogens with zero attached hydrogens (tertiary/aromatic N) is 3. The van der Waals surface area contributed by atoms with Gasteiger partial charge in [-0.2, -0.15) is 0 Å². The number of rotatable bonds is 4. The Hall–Kier alpha value is -1.82. The lowest BCUT2D eigenvalue weighted by atomic mass is 10.0. The van der Waals surface area contributed by atoms with Crippen LogP contribution in [0.15, 0.2) is 18.7 Å². The molecule has 94 valence electrons. The van der Waals surface area contributed by atoms with E-state index in [-0.39, 0.29) is 12.3 Å². The molecule has 0 aromatic carbocycles. The quantitative estimate of drug-likeness (QED) is 0.917. The predicted octanol–water partition coefficient (Wildman–Crippen LogP) is 2.49. The van der Waals surface area contributed by atoms with Gasteiger partial charge in [0, 0.05) is 28.8 Å². The van der Waals surface area contributed by atoms with Crippen molar-refractivity contribution in [2.75, 3.05) is 0 Å². The van der Waals surface area contributed by atoms with Crippen molar-refractivity contribution in [3.05, 3.63) is 28.6 Å². The molecule has 0 aliphatic carbocycles. The molecule has 1 unspecified atom stereocenters. The first kappa shape index (κ1) is 12.6. The molecule has 2 rings (SSSR count). The van der Waals surface area contributed by atoms with Crippen LogP contribution >= 0.6 is 11.3 Å². The Labute approximate surface area is 109 Å². The fourth-order valence-corrected chi connectivity index (χ4v) is 2.76. The average Bonchev–Trinajstić information content (AvgIpc) is 2.72. The van der Waals surface area contributed by atoms with Gasteiger partial charge in [0.15, 0.2) is 0 Å². The van der Waals surface area contributed by atoms with Crippen LogP contribution in [0.2, 0.25) is 0 Å². The number of carboxylic acid groups (broad SMARTS) is 1. The number of thiazole rings is 1. The van der Waals surface area contributed by atoms with Gasteiger partial charge in [-0.3, -0.25) is 4.79 Å². The van der Waals surface area contributed by atoms with Gasteiger partial charge in [-0.15, -0.1) is 11.3 Å². The molecule has 1 atom stereocenters. The first-order chi connectivity index (χ1) is 8.58. The first-order valence-corrected chi connectivity index (χ1v) is 6.34. The summed E-state index contributed by atoms with van der Waals surface area (Å²) in [5.41, 5.74) is 1.63. The highest BCUT2D eigenvalue weighted by Crippen LogP contribution is 2.34. The highest BCUT2D eigenvalue weighted by atomic mass is 32.1. The molecule has 0 spiro atoms. The zero-order valence-electron chi connectivity index (χ0n) is 10.1. The minimum absolute atomic E-state index is 0.0658. The van der Waals surface area contributed by atoms with Crippen molar-refractivity contribution in [2.45, 2.75) is 26.2 Å². The van der Waals surface area contributed by atoms with Crippen molar-refractivity contribution in [1.82, 2.24) is 15.0 Å². The second kappa shape index (κ2) is 5.22. The van der Waals surface area contributed by atoms with Crippen LogP contribution in [-0.4, -0.2) is 26.0 Å². The van der Waals surface area contributed by atoms with E-state index in [9.17, 15) is 4.79 Å². The summed E-state index contributed by atoms with van der Waals surface area (Å²) in [5.74, 6) is -0.868. The van der Waals surface area contributed by atoms with Crippen molar-refractivity contribution >= 4 is 17.3 Å². The average molecular weight is 263 g/mol. The van der Waals surface area contributed by atoms with Crippen molar-refractivity contribution < 1.29 is 9.90 Å². The molecule has 0 amide bonds. The predicted molar refractivity (Wildman–Crippen MR) is 68.5 cm³/mol. The van der Waals surface area contributed by atoms with Gasteiger partial charge >= 0.3 is 5.97 Å². The Morgan fingerprint density at radius 1 is 1.44 bits per heavy atom. The smallest absolute Gasteiger partial charge is 0.303 e. The van der Waals surface area contributed by atoms with Crippen LogP contribution in [0.4, 0.5) is 0 Å². The first-order valence-electron chi connectivity index (χ1n) is 5.52. The van der Waals surface area contributed by atoms with Crippen LogP contribution in [0.5, 0.6) is 0 Å². The Morgan fingerprint density at radius 3 is 2.72 bits per heavy atom. The molecule has 0 aliphatic rings. The third kappa shape index (κ3) is 2.70. The van der Waals surface area contributed by atoms with E-state index in [2.05, 4.69) is 15.0 Å². The van der Waals surface area contributed by atoms with Gasteiger partial charge in [-0.25, -0.2) is 15.0 Å². The van der Waals surface area contributed by atoms with Crippen molar-refractivity contribution in [2.24, 2.45) is 0 Å². The molecule has 0 radical (unpaired) electrons. The van der Waals surface area contributed by atoms with Crippen LogP contribution in [0.25, 0.3) is 11.3 Å². The standard InChI is InChI=1S/C12H13N3O2S/c1-7(3-10(16)17)12-11(15-8(2)18-12)9-4-13-6-14-5-9/h4-7H,3H2,1-2H3,(H,16,17). The van der Waals surface area contributed by atoms with Crippen molar-refractivity contribution in [3.8, 4) is 11.3 Å². The van der Waals surface area contributed by atoms with Crippen molar-refractivity contribution in [1.29, 1.82) is 0 Å². The second-order valence-electron chi connectivity index (χ2n) is 4.07. The SMILES string of the molecule is Cc1nc(-c2cncnc2)c(C(C)CC(=O)O)s1. The molecule has 0 saturated heterocycles. The number of carboxylic acids is 1. The molecular weight excluding hydrogens is 250 g/mol. The molecule has 0 saturated carbocycles. The summed E-state index contributed by atoms with van der Waals surface area (Å²) in [4.78, 5) is 24.2. The molecule has 0 fully saturated rings. The lowest BCUT2D eigenvalue weighted by Gasteiger charge is -2.08. The van der Waals surface area contributed by atoms with Crippen LogP contribution in [0.3, 0.4) is 0 Å². The molecule has 2 aromatic heterocycles. The summed E-state index contributed by atoms with van der Waals surface area (Å²) in [7, 11) is 0. The van der Waals surface area contributed by atoms with Gasteiger partial charge in [-0.1, -0.05) is 6.92 Å². The zero-order valence-corrected chi connectivity index (χ0v) is 10.9. The number of aliphatic carboxylic acids is 1. The summed E-state index contributed by atoms with van der Waals surface area (Å²) in [6.07, 6.45) is 4.95. The molecule has 0 bridgehead atoms. The van der Waals surface area contributed by atoms with Gasteiger partial charge in [0.2, 0.25) is 0 Å². The van der Waals surface area contributed by atoms with E-state index >= 15 is 0 Å². The number of hydrogen-bond donors (Lipinski definition) is 1. The number of aryl methyl sites for hydroxylation is 1. The van der Waals surface area contributed by atoms with Gasteiger partial charge < -0.3 is 5.11 Å². The number of carbonyl (C=O) groups is 1. The minimum Gasteiger partial charge on any atom is -0.481 e. The molecule has 5 nitrogen and oxygen atoms in total. The highest BCUT2D eigenvalue weighted by Gasteiger charge is 2.19. The van der Waals surface area contributed by atoms with E-state index in [1.54, 1.807) is 12.4 Å². The van der Waals surface area contributed by atoms with Gasteiger partial charge in [0.25, 0.3) is 0 Å². The van der Waals surface area contributed by atoms with Crippen LogP contribution in [0, 0.1) is 6.92 Å². The maximum Gasteiger partial charge on any atom is 0.303 e. The van der Waals surface area contributed by atoms with Gasteiger partial charge in [0.1, 0.15) is 6.33 Å². The topological polar surface area (TPSA) is 76.0 Å². The molecular formula is C12H13N3O2S. The van der Waals surface area contributed by atoms with E-state index in [4.69, 9.17) is 5.11 Å². The van der Waals surface area contributed by atoms with E-state index in [1.807, 2.05) is 13.8 Å². The minimum atomic E-state index is -0.802. The normalized spacial score (nSPS) is 12.3. The van der Waals surface area contributed by atoms with Gasteiger partial charge in [0.05, 0.1) is 17.1 Å². The number of aromatic nitrogens is 3. The lowest BCUT2D eigenvalue weighted by Crippen LogP contribution is -2.02. The molecule has 2 aromatic rings. The maximum absolute atomic E-state index is 10.8. The van der Waals surface area contributed by atoms with Gasteiger partial charge in [-0.05, 0) is 6.92 Å². The summed E-state index contributed by atoms with van der Waals surface area (Å²) in [5, 5.41) is 9.79. The zero-order chi connectivity index (χ0) is 13.1. The number of hydrogen-bond acceptors (Lipinski definition) is 5. The Morgan fingerprint density at radius 2 is 2.11 bits per heavy atom. The van der Waals surface area contributed by atoms with E-state index in [0.29, 0.717) is 0 Å². The molecule has 0 aliphatic heterocycles. The van der Waals surface area contributed by atoms with Crippen LogP contribution < -0.4 is 0 Å². The van der Waals surface area contributed by atoms with Crippen LogP contribution in [-0.2, 0) is 4.79 Å². The third-order valence-corrected chi connectivity index (χ3v) is 3.73. The maximum atomic E-state index is 10.8. The Kier molecular flexibility index (Phi) is 3.66. The molecule has 18 heavy (non-hydrogen) atoms. The highest BCUT2D eigenvalue weighted by molar-refractivity contribution is 7.12. The fraction of sp³-hybridized carbons (Fsp3) is 0.333. The lowest BCUT2D eigenvalue weighted by molar-refractivity contribution is -0.137. The fourth-order valence-electron chi connectivity index (χ4n) is 1.76. The summed E-state index contributed by atoms with van der Waals surface area (Å²) in [6.45, 7) is 3.81. The second-order valence-corrected chi connectivity index (χ2v) is 5.31. The summed E-state index contributed by atoms with van der Waals surface area (Å²) in [6, 6.07) is 0. The van der Waals surface area contributed by atoms with E-state index in [1.165, 1.54) is 17.7 Å². The van der Waals surface area contributed by atoms with Crippen molar-refractivity contribution in [3.63, 3.8) is 0 Å². The summed E-state index contributed by atoms with van der Waals surface area (Å²) >= 11 is 1.53. The molecule has 6 heteroatoms. The monoisotopic (exact) mass is 263 g/mol.